The molecule has 3 atom stereocenters. The number of hydrogen-bond acceptors (Lipinski definition) is 3. The molecule has 2 aliphatic rings. The van der Waals surface area contributed by atoms with Gasteiger partial charge in [0, 0.05) is 23.6 Å². The van der Waals surface area contributed by atoms with E-state index in [2.05, 4.69) is 15.9 Å². The van der Waals surface area contributed by atoms with Gasteiger partial charge >= 0.3 is 0 Å². The molecule has 0 bridgehead atoms. The summed E-state index contributed by atoms with van der Waals surface area (Å²) in [7, 11) is 1.58. The largest absolute Gasteiger partial charge is 0.340 e. The van der Waals surface area contributed by atoms with Crippen molar-refractivity contribution in [3.05, 3.63) is 46.2 Å². The van der Waals surface area contributed by atoms with Crippen LogP contribution in [0, 0.1) is 23.6 Å². The lowest BCUT2D eigenvalue weighted by molar-refractivity contribution is -0.152. The molecule has 1 heterocycles. The average molecular weight is 465 g/mol. The molecule has 1 fully saturated rings. The average Bonchev–Trinajstić information content (AvgIpc) is 2.93. The van der Waals surface area contributed by atoms with Crippen LogP contribution in [0.2, 0.25) is 0 Å². The monoisotopic (exact) mass is 464 g/mol. The molecule has 1 aliphatic heterocycles. The van der Waals surface area contributed by atoms with Crippen LogP contribution in [0.5, 0.6) is 0 Å². The Morgan fingerprint density at radius 1 is 1.21 bits per heavy atom. The maximum Gasteiger partial charge on any atom is 0.245 e. The Hall–Kier alpha value is -2.02. The fourth-order valence-electron chi connectivity index (χ4n) is 4.15. The number of hydrogen-bond donors (Lipinski definition) is 0. The summed E-state index contributed by atoms with van der Waals surface area (Å²) in [6.45, 7) is 3.96. The minimum Gasteiger partial charge on any atom is -0.340 e. The standard InChI is InChI=1S/C22H26BrFN2O3/c1-13(2)10-19(26-20(27)16-6-4-5-7-17(16)21(26)28)22(29)25(3)12-14-11-15(23)8-9-18(14)24/h4-5,8-9,11,13,16-17,19H,6-7,10,12H2,1-3H3. The summed E-state index contributed by atoms with van der Waals surface area (Å²) >= 11 is 3.32. The number of allylic oxidation sites excluding steroid dienone is 2. The van der Waals surface area contributed by atoms with E-state index in [4.69, 9.17) is 0 Å². The number of imide groups is 1. The second-order valence-electron chi connectivity index (χ2n) is 8.28. The SMILES string of the molecule is CC(C)CC(C(=O)N(C)Cc1cc(Br)ccc1F)N1C(=O)C2CC=CCC2C1=O. The molecule has 0 radical (unpaired) electrons. The van der Waals surface area contributed by atoms with Crippen molar-refractivity contribution in [1.29, 1.82) is 0 Å². The van der Waals surface area contributed by atoms with Crippen LogP contribution in [0.3, 0.4) is 0 Å². The fourth-order valence-corrected chi connectivity index (χ4v) is 4.56. The Bertz CT molecular complexity index is 828. The predicted molar refractivity (Wildman–Crippen MR) is 111 cm³/mol. The van der Waals surface area contributed by atoms with Crippen molar-refractivity contribution >= 4 is 33.7 Å². The zero-order chi connectivity index (χ0) is 21.3. The van der Waals surface area contributed by atoms with E-state index in [1.54, 1.807) is 19.2 Å². The number of amides is 3. The van der Waals surface area contributed by atoms with Crippen molar-refractivity contribution < 1.29 is 18.8 Å². The summed E-state index contributed by atoms with van der Waals surface area (Å²) in [6, 6.07) is 3.71. The molecule has 1 saturated heterocycles. The summed E-state index contributed by atoms with van der Waals surface area (Å²) in [5.41, 5.74) is 0.371. The van der Waals surface area contributed by atoms with E-state index in [1.807, 2.05) is 26.0 Å². The third kappa shape index (κ3) is 4.44. The second kappa shape index (κ2) is 8.78. The van der Waals surface area contributed by atoms with Crippen molar-refractivity contribution in [2.45, 2.75) is 45.7 Å². The third-order valence-corrected chi connectivity index (χ3v) is 6.12. The molecule has 1 aliphatic carbocycles. The van der Waals surface area contributed by atoms with Crippen LogP contribution in [0.15, 0.2) is 34.8 Å². The van der Waals surface area contributed by atoms with Crippen LogP contribution in [-0.2, 0) is 20.9 Å². The van der Waals surface area contributed by atoms with Crippen molar-refractivity contribution in [2.24, 2.45) is 17.8 Å². The predicted octanol–water partition coefficient (Wildman–Crippen LogP) is 3.91. The fraction of sp³-hybridized carbons (Fsp3) is 0.500. The normalized spacial score (nSPS) is 22.2. The van der Waals surface area contributed by atoms with Gasteiger partial charge in [0.1, 0.15) is 11.9 Å². The van der Waals surface area contributed by atoms with Crippen LogP contribution in [0.25, 0.3) is 0 Å². The molecule has 7 heteroatoms. The number of carbonyl (C=O) groups excluding carboxylic acids is 3. The van der Waals surface area contributed by atoms with Gasteiger partial charge in [0.05, 0.1) is 11.8 Å². The Morgan fingerprint density at radius 2 is 1.79 bits per heavy atom. The molecule has 0 spiro atoms. The molecule has 29 heavy (non-hydrogen) atoms. The minimum atomic E-state index is -0.860. The highest BCUT2D eigenvalue weighted by molar-refractivity contribution is 9.10. The third-order valence-electron chi connectivity index (χ3n) is 5.62. The Balaban J connectivity index is 1.84. The minimum absolute atomic E-state index is 0.0589. The molecule has 3 unspecified atom stereocenters. The molecule has 3 amide bonds. The zero-order valence-corrected chi connectivity index (χ0v) is 18.5. The summed E-state index contributed by atoms with van der Waals surface area (Å²) in [4.78, 5) is 41.9. The molecular weight excluding hydrogens is 439 g/mol. The van der Waals surface area contributed by atoms with Gasteiger partial charge in [-0.05, 0) is 43.4 Å². The van der Waals surface area contributed by atoms with E-state index in [1.165, 1.54) is 15.9 Å². The number of nitrogens with zero attached hydrogens (tertiary/aromatic N) is 2. The number of benzene rings is 1. The van der Waals surface area contributed by atoms with E-state index < -0.39 is 11.9 Å². The number of halogens is 2. The lowest BCUT2D eigenvalue weighted by Crippen LogP contribution is -2.51. The van der Waals surface area contributed by atoms with E-state index in [-0.39, 0.29) is 42.0 Å². The summed E-state index contributed by atoms with van der Waals surface area (Å²) < 4.78 is 14.9. The lowest BCUT2D eigenvalue weighted by Gasteiger charge is -2.31. The van der Waals surface area contributed by atoms with Gasteiger partial charge in [-0.1, -0.05) is 41.9 Å². The molecular formula is C22H26BrFN2O3. The quantitative estimate of drug-likeness (QED) is 0.473. The van der Waals surface area contributed by atoms with E-state index in [0.717, 1.165) is 4.47 Å². The lowest BCUT2D eigenvalue weighted by atomic mass is 9.85. The van der Waals surface area contributed by atoms with Gasteiger partial charge in [0.2, 0.25) is 17.7 Å². The van der Waals surface area contributed by atoms with Crippen molar-refractivity contribution in [2.75, 3.05) is 7.05 Å². The van der Waals surface area contributed by atoms with Gasteiger partial charge < -0.3 is 4.90 Å². The smallest absolute Gasteiger partial charge is 0.245 e. The molecule has 1 aromatic rings. The topological polar surface area (TPSA) is 57.7 Å². The van der Waals surface area contributed by atoms with Gasteiger partial charge in [-0.2, -0.15) is 0 Å². The van der Waals surface area contributed by atoms with Crippen LogP contribution in [0.1, 0.15) is 38.7 Å². The maximum absolute atomic E-state index is 14.1. The first-order chi connectivity index (χ1) is 13.7. The number of likely N-dealkylation sites (N-methyl/N-ethyl adjacent to an activating group) is 1. The van der Waals surface area contributed by atoms with Gasteiger partial charge in [-0.3, -0.25) is 19.3 Å². The van der Waals surface area contributed by atoms with Crippen molar-refractivity contribution in [3.8, 4) is 0 Å². The first-order valence-electron chi connectivity index (χ1n) is 9.91. The van der Waals surface area contributed by atoms with E-state index in [0.29, 0.717) is 24.8 Å². The van der Waals surface area contributed by atoms with Crippen LogP contribution in [-0.4, -0.2) is 40.6 Å². The highest BCUT2D eigenvalue weighted by Crippen LogP contribution is 2.37. The summed E-state index contributed by atoms with van der Waals surface area (Å²) in [5, 5.41) is 0. The Kier molecular flexibility index (Phi) is 6.56. The van der Waals surface area contributed by atoms with E-state index in [9.17, 15) is 18.8 Å². The van der Waals surface area contributed by atoms with Gasteiger partial charge in [0.25, 0.3) is 0 Å². The number of likely N-dealkylation sites (tertiary alicyclic amines) is 1. The first-order valence-corrected chi connectivity index (χ1v) is 10.7. The maximum atomic E-state index is 14.1. The van der Waals surface area contributed by atoms with Gasteiger partial charge in [-0.15, -0.1) is 0 Å². The zero-order valence-electron chi connectivity index (χ0n) is 16.9. The van der Waals surface area contributed by atoms with Gasteiger partial charge in [-0.25, -0.2) is 4.39 Å². The molecule has 3 rings (SSSR count). The van der Waals surface area contributed by atoms with E-state index >= 15 is 0 Å². The molecule has 156 valence electrons. The number of rotatable bonds is 6. The first kappa shape index (κ1) is 21.7. The van der Waals surface area contributed by atoms with Crippen molar-refractivity contribution in [3.63, 3.8) is 0 Å². The van der Waals surface area contributed by atoms with Crippen LogP contribution < -0.4 is 0 Å². The molecule has 0 saturated carbocycles. The summed E-state index contributed by atoms with van der Waals surface area (Å²) in [6.07, 6.45) is 5.31. The van der Waals surface area contributed by atoms with Crippen molar-refractivity contribution in [1.82, 2.24) is 9.80 Å². The molecule has 0 N–H and O–H groups in total. The number of fused-ring (bicyclic) bond motifs is 1. The van der Waals surface area contributed by atoms with Gasteiger partial charge in [0.15, 0.2) is 0 Å². The molecule has 5 nitrogen and oxygen atoms in total. The molecule has 0 aromatic heterocycles. The van der Waals surface area contributed by atoms with Crippen LogP contribution in [0.4, 0.5) is 4.39 Å². The molecule has 1 aromatic carbocycles. The summed E-state index contributed by atoms with van der Waals surface area (Å²) in [5.74, 6) is -1.90. The highest BCUT2D eigenvalue weighted by Gasteiger charge is 2.51. The Labute approximate surface area is 179 Å². The Morgan fingerprint density at radius 3 is 2.34 bits per heavy atom. The number of carbonyl (C=O) groups is 3. The second-order valence-corrected chi connectivity index (χ2v) is 9.19. The highest BCUT2D eigenvalue weighted by atomic mass is 79.9. The van der Waals surface area contributed by atoms with Crippen LogP contribution >= 0.6 is 15.9 Å².